The number of benzene rings is 2. The first-order valence-corrected chi connectivity index (χ1v) is 14.5. The maximum absolute atomic E-state index is 11.7. The highest BCUT2D eigenvalue weighted by Crippen LogP contribution is 2.37. The molecule has 0 bridgehead atoms. The van der Waals surface area contributed by atoms with Gasteiger partial charge in [0.2, 0.25) is 0 Å². The first-order chi connectivity index (χ1) is 20.7. The first-order valence-electron chi connectivity index (χ1n) is 14.1. The summed E-state index contributed by atoms with van der Waals surface area (Å²) < 4.78 is 24.8. The number of carboxylic acids is 1. The highest BCUT2D eigenvalue weighted by molar-refractivity contribution is 6.62. The predicted molar refractivity (Wildman–Crippen MR) is 166 cm³/mol. The Morgan fingerprint density at radius 2 is 1.77 bits per heavy atom. The summed E-state index contributed by atoms with van der Waals surface area (Å²) >= 11 is 6.65. The molecule has 4 rings (SSSR count). The Kier molecular flexibility index (Phi) is 9.93. The van der Waals surface area contributed by atoms with E-state index in [9.17, 15) is 20.3 Å². The number of aliphatic hydroxyl groups excluding tert-OH is 1. The number of nitrogens with one attached hydrogen (secondary N) is 1. The van der Waals surface area contributed by atoms with Crippen molar-refractivity contribution in [2.24, 2.45) is 0 Å². The van der Waals surface area contributed by atoms with Crippen LogP contribution in [0.3, 0.4) is 0 Å². The molecule has 0 spiro atoms. The number of nitrogens with zero attached hydrogens (tertiary/aromatic N) is 2. The molecule has 0 radical (unpaired) electrons. The lowest BCUT2D eigenvalue weighted by atomic mass is 9.75. The van der Waals surface area contributed by atoms with Crippen molar-refractivity contribution in [2.45, 2.75) is 78.0 Å². The molecule has 1 aromatic heterocycles. The molecule has 12 heteroatoms. The summed E-state index contributed by atoms with van der Waals surface area (Å²) in [6.07, 6.45) is 3.05. The Morgan fingerprint density at radius 3 is 2.41 bits per heavy atom. The van der Waals surface area contributed by atoms with Gasteiger partial charge in [-0.3, -0.25) is 15.1 Å². The summed E-state index contributed by atoms with van der Waals surface area (Å²) in [5.74, 6) is -0.461. The molecule has 1 fully saturated rings. The van der Waals surface area contributed by atoms with E-state index >= 15 is 0 Å². The number of nitriles is 1. The largest absolute Gasteiger partial charge is 0.495 e. The average Bonchev–Trinajstić information content (AvgIpc) is 3.21. The van der Waals surface area contributed by atoms with Crippen molar-refractivity contribution in [1.82, 2.24) is 10.3 Å². The molecule has 0 amide bonds. The van der Waals surface area contributed by atoms with Crippen molar-refractivity contribution < 1.29 is 33.8 Å². The second kappa shape index (κ2) is 13.1. The van der Waals surface area contributed by atoms with Gasteiger partial charge in [0.1, 0.15) is 36.3 Å². The minimum absolute atomic E-state index is 0.0322. The highest BCUT2D eigenvalue weighted by Gasteiger charge is 2.52. The smallest absolute Gasteiger partial charge is 0.488 e. The second-order valence-corrected chi connectivity index (χ2v) is 12.4. The summed E-state index contributed by atoms with van der Waals surface area (Å²) in [7, 11) is -0.514. The number of aromatic nitrogens is 1. The number of rotatable bonds is 12. The maximum Gasteiger partial charge on any atom is 0.495 e. The molecule has 1 saturated heterocycles. The molecule has 1 atom stereocenters. The zero-order chi connectivity index (χ0) is 32.3. The molecule has 3 aromatic rings. The molecule has 3 N–H and O–H groups in total. The number of hydrogen-bond acceptors (Lipinski definition) is 9. The zero-order valence-corrected chi connectivity index (χ0v) is 26.5. The van der Waals surface area contributed by atoms with Crippen molar-refractivity contribution in [1.29, 1.82) is 5.26 Å². The lowest BCUT2D eigenvalue weighted by Gasteiger charge is -2.32. The third-order valence-electron chi connectivity index (χ3n) is 8.27. The van der Waals surface area contributed by atoms with E-state index in [1.807, 2.05) is 52.8 Å². The van der Waals surface area contributed by atoms with Gasteiger partial charge >= 0.3 is 13.1 Å². The number of halogens is 1. The van der Waals surface area contributed by atoms with E-state index in [0.29, 0.717) is 33.2 Å². The molecule has 1 aliphatic heterocycles. The fourth-order valence-corrected chi connectivity index (χ4v) is 4.72. The zero-order valence-electron chi connectivity index (χ0n) is 25.7. The molecule has 2 heterocycles. The lowest BCUT2D eigenvalue weighted by molar-refractivity contribution is -0.145. The Balaban J connectivity index is 1.58. The molecule has 10 nitrogen and oxygen atoms in total. The van der Waals surface area contributed by atoms with E-state index in [2.05, 4.69) is 16.4 Å². The van der Waals surface area contributed by atoms with E-state index in [-0.39, 0.29) is 19.8 Å². The Bertz CT molecular complexity index is 1560. The molecule has 44 heavy (non-hydrogen) atoms. The van der Waals surface area contributed by atoms with Crippen LogP contribution in [0.2, 0.25) is 5.02 Å². The summed E-state index contributed by atoms with van der Waals surface area (Å²) in [5, 5.41) is 31.6. The lowest BCUT2D eigenvalue weighted by Crippen LogP contribution is -2.52. The molecule has 1 aliphatic rings. The van der Waals surface area contributed by atoms with Crippen LogP contribution < -0.4 is 20.3 Å². The van der Waals surface area contributed by atoms with Crippen LogP contribution in [0, 0.1) is 18.3 Å². The third-order valence-corrected chi connectivity index (χ3v) is 8.56. The standard InChI is InChI=1S/C32H37BClN3O7/c1-20-23(8-7-9-25(20)33-43-30(2,3)31(4,5)44-33)18-42-28-12-27(41-17-22-10-21(13-35)14-36-15-22)24(11-26(28)34)16-37-32(6,19-38)29(39)40/h7-12,14-15,37-38H,16-19H2,1-6H3,(H,39,40)/t32-/m1/s1. The maximum atomic E-state index is 11.7. The molecule has 0 saturated carbocycles. The van der Waals surface area contributed by atoms with Crippen LogP contribution in [0.15, 0.2) is 48.8 Å². The second-order valence-electron chi connectivity index (χ2n) is 12.0. The fourth-order valence-electron chi connectivity index (χ4n) is 4.48. The van der Waals surface area contributed by atoms with E-state index in [1.54, 1.807) is 24.4 Å². The van der Waals surface area contributed by atoms with Gasteiger partial charge in [-0.05, 0) is 70.3 Å². The van der Waals surface area contributed by atoms with Gasteiger partial charge in [-0.25, -0.2) is 0 Å². The SMILES string of the molecule is Cc1c(COc2cc(OCc3cncc(C#N)c3)c(CN[C@](C)(CO)C(=O)O)cc2Cl)cccc1B1OC(C)(C)C(C)(C)O1. The topological polar surface area (TPSA) is 143 Å². The molecule has 232 valence electrons. The number of aliphatic carboxylic acids is 1. The summed E-state index contributed by atoms with van der Waals surface area (Å²) in [6, 6.07) is 12.9. The Labute approximate surface area is 263 Å². The van der Waals surface area contributed by atoms with Crippen LogP contribution in [-0.4, -0.2) is 51.6 Å². The van der Waals surface area contributed by atoms with Gasteiger partial charge < -0.3 is 29.0 Å². The van der Waals surface area contributed by atoms with Crippen molar-refractivity contribution in [3.05, 3.63) is 81.6 Å². The van der Waals surface area contributed by atoms with Gasteiger partial charge in [-0.15, -0.1) is 0 Å². The summed E-state index contributed by atoms with van der Waals surface area (Å²) in [6.45, 7) is 11.1. The highest BCUT2D eigenvalue weighted by atomic mass is 35.5. The van der Waals surface area contributed by atoms with Crippen molar-refractivity contribution in [3.8, 4) is 17.6 Å². The number of aliphatic hydroxyl groups is 1. The van der Waals surface area contributed by atoms with Gasteiger partial charge in [-0.1, -0.05) is 29.8 Å². The normalized spacial score (nSPS) is 16.7. The fraction of sp³-hybridized carbons (Fsp3) is 0.406. The summed E-state index contributed by atoms with van der Waals surface area (Å²) in [4.78, 5) is 15.8. The quantitative estimate of drug-likeness (QED) is 0.251. The number of carbonyl (C=O) groups is 1. The van der Waals surface area contributed by atoms with Crippen molar-refractivity contribution >= 4 is 30.2 Å². The molecule has 0 aliphatic carbocycles. The minimum Gasteiger partial charge on any atom is -0.488 e. The summed E-state index contributed by atoms with van der Waals surface area (Å²) in [5.41, 5.74) is 1.90. The van der Waals surface area contributed by atoms with Gasteiger partial charge in [-0.2, -0.15) is 5.26 Å². The van der Waals surface area contributed by atoms with Crippen LogP contribution in [0.4, 0.5) is 0 Å². The molecule has 2 aromatic carbocycles. The van der Waals surface area contributed by atoms with E-state index in [4.69, 9.17) is 30.4 Å². The molecular formula is C32H37BClN3O7. The Morgan fingerprint density at radius 1 is 1.09 bits per heavy atom. The van der Waals surface area contributed by atoms with Crippen LogP contribution in [-0.2, 0) is 33.9 Å². The van der Waals surface area contributed by atoms with Crippen molar-refractivity contribution in [2.75, 3.05) is 6.61 Å². The van der Waals surface area contributed by atoms with E-state index in [0.717, 1.165) is 16.6 Å². The van der Waals surface area contributed by atoms with Crippen LogP contribution >= 0.6 is 11.6 Å². The van der Waals surface area contributed by atoms with Crippen LogP contribution in [0.1, 0.15) is 62.4 Å². The van der Waals surface area contributed by atoms with Crippen LogP contribution in [0.25, 0.3) is 0 Å². The van der Waals surface area contributed by atoms with E-state index < -0.39 is 36.4 Å². The number of pyridine rings is 1. The first kappa shape index (κ1) is 33.2. The molecular weight excluding hydrogens is 585 g/mol. The monoisotopic (exact) mass is 621 g/mol. The van der Waals surface area contributed by atoms with Crippen LogP contribution in [0.5, 0.6) is 11.5 Å². The predicted octanol–water partition coefficient (Wildman–Crippen LogP) is 4.30. The third kappa shape index (κ3) is 7.17. The van der Waals surface area contributed by atoms with Gasteiger partial charge in [0, 0.05) is 36.1 Å². The molecule has 0 unspecified atom stereocenters. The number of hydrogen-bond donors (Lipinski definition) is 3. The Hall–Kier alpha value is -3.66. The number of ether oxygens (including phenoxy) is 2. The minimum atomic E-state index is -1.58. The van der Waals surface area contributed by atoms with Gasteiger partial charge in [0.25, 0.3) is 0 Å². The number of carboxylic acid groups (broad SMARTS) is 1. The van der Waals surface area contributed by atoms with Gasteiger partial charge in [0.05, 0.1) is 28.4 Å². The average molecular weight is 622 g/mol. The van der Waals surface area contributed by atoms with Crippen molar-refractivity contribution in [3.63, 3.8) is 0 Å². The van der Waals surface area contributed by atoms with E-state index in [1.165, 1.54) is 13.1 Å². The van der Waals surface area contributed by atoms with Gasteiger partial charge in [0.15, 0.2) is 0 Å².